The smallest absolute Gasteiger partial charge is 0.458 e. The predicted octanol–water partition coefficient (Wildman–Crippen LogP) is 1.22. The molecule has 356 valence electrons. The maximum Gasteiger partial charge on any atom is 0.469 e. The number of phosphoric ester groups is 1. The van der Waals surface area contributed by atoms with E-state index in [0.717, 1.165) is 17.0 Å². The predicted molar refractivity (Wildman–Crippen MR) is 227 cm³/mol. The maximum absolute atomic E-state index is 15.0. The number of halogens is 2. The van der Waals surface area contributed by atoms with Crippen LogP contribution in [0.2, 0.25) is 0 Å². The fourth-order valence-electron chi connectivity index (χ4n) is 9.18. The van der Waals surface area contributed by atoms with E-state index < -0.39 is 129 Å². The van der Waals surface area contributed by atoms with Crippen LogP contribution < -0.4 is 21.3 Å². The number of aryl methyl sites for hydroxylation is 1. The lowest BCUT2D eigenvalue weighted by molar-refractivity contribution is -0.163. The summed E-state index contributed by atoms with van der Waals surface area (Å²) in [6.07, 6.45) is -1.15. The molecular weight excluding hydrogens is 891 g/mol. The molecule has 0 bridgehead atoms. The van der Waals surface area contributed by atoms with Gasteiger partial charge in [-0.05, 0) is 81.3 Å². The van der Waals surface area contributed by atoms with E-state index >= 15 is 4.79 Å². The van der Waals surface area contributed by atoms with E-state index in [2.05, 4.69) is 26.3 Å². The number of nitrogens with one attached hydrogen (secondary N) is 4. The molecule has 5 heterocycles. The standard InChI is InChI=1S/C42H52F2N9O12P/c1-21-11-34-41(59)64-23(3)35(49-36(54)30(14-24-12-25(43)15-26(44)13-24)48-42(60)47-27-8-9-29-32(16-27)50(4)20-45-29)40(58)53-19-28(65-66(61,62)63)17-33(53)39(57)51-10-6-5-7-31(51)37(55)46-22(2)38(56)52(34)18-21/h8-9,12-13,15-16,20-23,28,30-31,33-35H,5-7,10-11,14,17-19H2,1-4H3,(H,46,55)(H,49,54)(H2,47,48,60)(H2,61,62,63)/t21-,22+,23+,28-,30+,31+,33+,34+,35+/m1/s1. The first kappa shape index (κ1) is 47.9. The Morgan fingerprint density at radius 3 is 2.35 bits per heavy atom. The Kier molecular flexibility index (Phi) is 14.1. The Bertz CT molecular complexity index is 2450. The summed E-state index contributed by atoms with van der Waals surface area (Å²) in [4.78, 5) is 127. The van der Waals surface area contributed by atoms with Gasteiger partial charge >= 0.3 is 19.8 Å². The molecule has 0 saturated carbocycles. The molecule has 0 spiro atoms. The SMILES string of the molecule is C[C@@H]1C[C@H]2C(=O)O[C@@H](C)[C@H](NC(=O)[C@H](Cc3cc(F)cc(F)c3)NC(=O)Nc3ccc4ncn(C)c4c3)C(=O)N3C[C@H](OP(=O)(O)O)C[C@H]3C(=O)N3CCCC[C@H]3C(=O)N[C@@H](C)C(=O)N2C1. The molecule has 0 radical (unpaired) electrons. The monoisotopic (exact) mass is 943 g/mol. The van der Waals surface area contributed by atoms with E-state index in [1.807, 2.05) is 0 Å². The van der Waals surface area contributed by atoms with Crippen LogP contribution in [0.15, 0.2) is 42.7 Å². The van der Waals surface area contributed by atoms with Gasteiger partial charge in [-0.1, -0.05) is 6.92 Å². The van der Waals surface area contributed by atoms with Crippen molar-refractivity contribution in [2.24, 2.45) is 13.0 Å². The highest BCUT2D eigenvalue weighted by atomic mass is 31.2. The van der Waals surface area contributed by atoms with E-state index in [-0.39, 0.29) is 43.1 Å². The minimum Gasteiger partial charge on any atom is -0.458 e. The van der Waals surface area contributed by atoms with Crippen molar-refractivity contribution in [2.75, 3.05) is 25.0 Å². The second-order valence-electron chi connectivity index (χ2n) is 17.4. The molecule has 3 aromatic rings. The number of nitrogens with zero attached hydrogens (tertiary/aromatic N) is 5. The first-order valence-corrected chi connectivity index (χ1v) is 23.1. The molecule has 4 saturated heterocycles. The fraction of sp³-hybridized carbons (Fsp3) is 0.524. The minimum absolute atomic E-state index is 0.0493. The van der Waals surface area contributed by atoms with Crippen molar-refractivity contribution in [3.8, 4) is 0 Å². The molecule has 66 heavy (non-hydrogen) atoms. The molecule has 9 atom stereocenters. The van der Waals surface area contributed by atoms with E-state index in [9.17, 15) is 51.9 Å². The van der Waals surface area contributed by atoms with Gasteiger partial charge in [0.2, 0.25) is 29.5 Å². The van der Waals surface area contributed by atoms with Crippen LogP contribution in [0.5, 0.6) is 0 Å². The number of hydrogen-bond donors (Lipinski definition) is 6. The molecule has 0 unspecified atom stereocenters. The van der Waals surface area contributed by atoms with Crippen molar-refractivity contribution in [2.45, 2.75) is 108 Å². The summed E-state index contributed by atoms with van der Waals surface area (Å²) in [6.45, 7) is 4.07. The zero-order valence-electron chi connectivity index (χ0n) is 36.5. The fourth-order valence-corrected chi connectivity index (χ4v) is 9.72. The van der Waals surface area contributed by atoms with Gasteiger partial charge in [-0.25, -0.2) is 27.9 Å². The maximum atomic E-state index is 15.0. The lowest BCUT2D eigenvalue weighted by Gasteiger charge is -2.39. The molecule has 6 N–H and O–H groups in total. The van der Waals surface area contributed by atoms with Crippen molar-refractivity contribution in [3.05, 3.63) is 59.9 Å². The van der Waals surface area contributed by atoms with Crippen LogP contribution in [-0.4, -0.2) is 144 Å². The summed E-state index contributed by atoms with van der Waals surface area (Å²) in [5, 5.41) is 10.3. The minimum atomic E-state index is -5.22. The van der Waals surface area contributed by atoms with Crippen LogP contribution in [0.4, 0.5) is 19.3 Å². The zero-order chi connectivity index (χ0) is 47.8. The Labute approximate surface area is 377 Å². The Morgan fingerprint density at radius 1 is 0.924 bits per heavy atom. The molecule has 7 rings (SSSR count). The van der Waals surface area contributed by atoms with Crippen LogP contribution in [0.25, 0.3) is 11.0 Å². The van der Waals surface area contributed by atoms with Crippen molar-refractivity contribution in [1.82, 2.24) is 40.2 Å². The van der Waals surface area contributed by atoms with Gasteiger partial charge < -0.3 is 55.1 Å². The van der Waals surface area contributed by atoms with Crippen LogP contribution in [0.3, 0.4) is 0 Å². The molecule has 4 fully saturated rings. The average Bonchev–Trinajstić information content (AvgIpc) is 3.96. The number of rotatable bonds is 8. The summed E-state index contributed by atoms with van der Waals surface area (Å²) < 4.78 is 53.6. The quantitative estimate of drug-likeness (QED) is 0.137. The number of hydrogen-bond acceptors (Lipinski definition) is 11. The summed E-state index contributed by atoms with van der Waals surface area (Å²) in [6, 6.07) is -2.24. The number of phosphoric acid groups is 1. The number of anilines is 1. The Hall–Kier alpha value is -6.03. The van der Waals surface area contributed by atoms with Gasteiger partial charge in [0.05, 0.1) is 23.5 Å². The van der Waals surface area contributed by atoms with E-state index in [4.69, 9.17) is 9.26 Å². The van der Waals surface area contributed by atoms with Crippen LogP contribution >= 0.6 is 7.82 Å². The van der Waals surface area contributed by atoms with E-state index in [0.29, 0.717) is 29.9 Å². The molecule has 2 aromatic carbocycles. The molecule has 7 amide bonds. The average molecular weight is 944 g/mol. The number of amides is 7. The summed E-state index contributed by atoms with van der Waals surface area (Å²) in [7, 11) is -3.48. The van der Waals surface area contributed by atoms with Crippen molar-refractivity contribution in [1.29, 1.82) is 0 Å². The number of imidazole rings is 1. The number of carbonyl (C=O) groups excluding carboxylic acids is 7. The topological polar surface area (TPSA) is 271 Å². The third-order valence-electron chi connectivity index (χ3n) is 12.3. The van der Waals surface area contributed by atoms with Crippen LogP contribution in [-0.2, 0) is 56.1 Å². The second-order valence-corrected chi connectivity index (χ2v) is 18.6. The molecule has 4 aliphatic heterocycles. The third-order valence-corrected chi connectivity index (χ3v) is 12.9. The number of esters is 1. The molecule has 4 aliphatic rings. The lowest BCUT2D eigenvalue weighted by Crippen LogP contribution is -2.63. The van der Waals surface area contributed by atoms with E-state index in [1.54, 1.807) is 43.1 Å². The number of aromatic nitrogens is 2. The van der Waals surface area contributed by atoms with Gasteiger partial charge in [0.25, 0.3) is 0 Å². The zero-order valence-corrected chi connectivity index (χ0v) is 37.4. The van der Waals surface area contributed by atoms with Gasteiger partial charge in [0.15, 0.2) is 0 Å². The third kappa shape index (κ3) is 10.8. The Morgan fingerprint density at radius 2 is 1.64 bits per heavy atom. The molecule has 1 aromatic heterocycles. The van der Waals surface area contributed by atoms with Gasteiger partial charge in [-0.15, -0.1) is 0 Å². The van der Waals surface area contributed by atoms with Crippen LogP contribution in [0.1, 0.15) is 58.4 Å². The van der Waals surface area contributed by atoms with Gasteiger partial charge in [0, 0.05) is 51.3 Å². The van der Waals surface area contributed by atoms with Crippen molar-refractivity contribution in [3.63, 3.8) is 0 Å². The summed E-state index contributed by atoms with van der Waals surface area (Å²) in [5.74, 6) is -7.42. The number of fused-ring (bicyclic) bond motifs is 4. The number of benzene rings is 2. The van der Waals surface area contributed by atoms with E-state index in [1.165, 1.54) is 23.6 Å². The van der Waals surface area contributed by atoms with Gasteiger partial charge in [0.1, 0.15) is 54.0 Å². The van der Waals surface area contributed by atoms with Gasteiger partial charge in [-0.3, -0.25) is 28.5 Å². The molecule has 0 aliphatic carbocycles. The molecular formula is C42H52F2N9O12P. The number of piperidine rings is 1. The normalized spacial score (nSPS) is 27.2. The highest BCUT2D eigenvalue weighted by Crippen LogP contribution is 2.41. The highest BCUT2D eigenvalue weighted by molar-refractivity contribution is 7.46. The summed E-state index contributed by atoms with van der Waals surface area (Å²) >= 11 is 0. The summed E-state index contributed by atoms with van der Waals surface area (Å²) in [5.41, 5.74) is 1.48. The highest BCUT2D eigenvalue weighted by Gasteiger charge is 2.50. The molecule has 24 heteroatoms. The molecule has 21 nitrogen and oxygen atoms in total. The lowest BCUT2D eigenvalue weighted by atomic mass is 9.98. The number of urea groups is 1. The number of cyclic esters (lactones) is 1. The van der Waals surface area contributed by atoms with Crippen molar-refractivity contribution < 1.29 is 66.0 Å². The first-order chi connectivity index (χ1) is 31.1. The number of ether oxygens (including phenoxy) is 1. The first-order valence-electron chi connectivity index (χ1n) is 21.6. The van der Waals surface area contributed by atoms with Crippen LogP contribution in [0, 0.1) is 17.6 Å². The van der Waals surface area contributed by atoms with Crippen molar-refractivity contribution >= 4 is 66.1 Å². The largest absolute Gasteiger partial charge is 0.469 e. The number of carbonyl (C=O) groups is 7. The second kappa shape index (κ2) is 19.4. The Balaban J connectivity index is 1.25. The van der Waals surface area contributed by atoms with Gasteiger partial charge in [-0.2, -0.15) is 0 Å².